The molecule has 1 saturated heterocycles. The number of aliphatic hydroxyl groups is 1. The Kier molecular flexibility index (Phi) is 7.63. The zero-order chi connectivity index (χ0) is 17.6. The van der Waals surface area contributed by atoms with Gasteiger partial charge in [0.15, 0.2) is 0 Å². The number of aliphatic hydroxyl groups excluding tert-OH is 1. The predicted octanol–water partition coefficient (Wildman–Crippen LogP) is 2.47. The van der Waals surface area contributed by atoms with Gasteiger partial charge in [-0.2, -0.15) is 5.10 Å². The summed E-state index contributed by atoms with van der Waals surface area (Å²) >= 11 is 0. The Morgan fingerprint density at radius 3 is 2.85 bits per heavy atom. The van der Waals surface area contributed by atoms with Crippen LogP contribution in [-0.2, 0) is 0 Å². The summed E-state index contributed by atoms with van der Waals surface area (Å²) in [5, 5.41) is 21.0. The van der Waals surface area contributed by atoms with Gasteiger partial charge in [-0.15, -0.1) is 12.4 Å². The van der Waals surface area contributed by atoms with Crippen LogP contribution in [0.15, 0.2) is 42.6 Å². The number of carbonyl (C=O) groups is 1. The van der Waals surface area contributed by atoms with Crippen LogP contribution in [0.3, 0.4) is 0 Å². The van der Waals surface area contributed by atoms with Crippen molar-refractivity contribution in [3.63, 3.8) is 0 Å². The lowest BCUT2D eigenvalue weighted by Crippen LogP contribution is -2.34. The quantitative estimate of drug-likeness (QED) is 0.721. The van der Waals surface area contributed by atoms with Gasteiger partial charge in [-0.3, -0.25) is 9.48 Å². The molecule has 6 nitrogen and oxygen atoms in total. The van der Waals surface area contributed by atoms with Gasteiger partial charge in [0.2, 0.25) is 0 Å². The van der Waals surface area contributed by atoms with E-state index in [0.29, 0.717) is 18.2 Å². The number of rotatable bonds is 6. The van der Waals surface area contributed by atoms with E-state index >= 15 is 0 Å². The molecular weight excluding hydrogens is 352 g/mol. The minimum absolute atomic E-state index is 0. The van der Waals surface area contributed by atoms with E-state index < -0.39 is 6.10 Å². The molecule has 3 N–H and O–H groups in total. The van der Waals surface area contributed by atoms with Crippen LogP contribution in [0.4, 0.5) is 0 Å². The van der Waals surface area contributed by atoms with Gasteiger partial charge in [-0.05, 0) is 44.4 Å². The van der Waals surface area contributed by atoms with Gasteiger partial charge in [-0.1, -0.05) is 30.3 Å². The largest absolute Gasteiger partial charge is 0.388 e. The lowest BCUT2D eigenvalue weighted by atomic mass is 10.0. The molecule has 1 aromatic heterocycles. The summed E-state index contributed by atoms with van der Waals surface area (Å²) in [6.45, 7) is 3.83. The Balaban J connectivity index is 0.00000243. The van der Waals surface area contributed by atoms with Crippen LogP contribution in [0.2, 0.25) is 0 Å². The fraction of sp³-hybridized carbons (Fsp3) is 0.474. The lowest BCUT2D eigenvalue weighted by molar-refractivity contribution is 0.0910. The first kappa shape index (κ1) is 20.4. The topological polar surface area (TPSA) is 79.2 Å². The van der Waals surface area contributed by atoms with E-state index in [9.17, 15) is 9.90 Å². The molecule has 2 aromatic rings. The summed E-state index contributed by atoms with van der Waals surface area (Å²) in [5.74, 6) is -0.199. The third-order valence-corrected chi connectivity index (χ3v) is 4.62. The molecule has 3 unspecified atom stereocenters. The SMILES string of the molecule is CC(CC(O)c1ccccc1)NC(=O)c1ccn(C2CCCNC2)n1.Cl. The van der Waals surface area contributed by atoms with Crippen molar-refractivity contribution < 1.29 is 9.90 Å². The van der Waals surface area contributed by atoms with Crippen molar-refractivity contribution in [3.05, 3.63) is 53.9 Å². The van der Waals surface area contributed by atoms with Crippen molar-refractivity contribution in [3.8, 4) is 0 Å². The zero-order valence-corrected chi connectivity index (χ0v) is 15.8. The normalized spacial score (nSPS) is 19.2. The number of nitrogens with one attached hydrogen (secondary N) is 2. The Bertz CT molecular complexity index is 686. The monoisotopic (exact) mass is 378 g/mol. The first-order chi connectivity index (χ1) is 12.1. The van der Waals surface area contributed by atoms with Crippen molar-refractivity contribution in [1.29, 1.82) is 0 Å². The average Bonchev–Trinajstić information content (AvgIpc) is 3.13. The number of hydrogen-bond acceptors (Lipinski definition) is 4. The van der Waals surface area contributed by atoms with E-state index in [4.69, 9.17) is 0 Å². The minimum atomic E-state index is -0.595. The molecule has 0 aliphatic carbocycles. The van der Waals surface area contributed by atoms with Gasteiger partial charge >= 0.3 is 0 Å². The van der Waals surface area contributed by atoms with E-state index in [-0.39, 0.29) is 24.4 Å². The molecule has 1 aliphatic rings. The first-order valence-electron chi connectivity index (χ1n) is 8.93. The third-order valence-electron chi connectivity index (χ3n) is 4.62. The van der Waals surface area contributed by atoms with E-state index in [0.717, 1.165) is 31.5 Å². The summed E-state index contributed by atoms with van der Waals surface area (Å²) in [6, 6.07) is 11.4. The lowest BCUT2D eigenvalue weighted by Gasteiger charge is -2.23. The van der Waals surface area contributed by atoms with Crippen molar-refractivity contribution in [1.82, 2.24) is 20.4 Å². The van der Waals surface area contributed by atoms with E-state index in [1.165, 1.54) is 0 Å². The number of amides is 1. The smallest absolute Gasteiger partial charge is 0.271 e. The molecule has 26 heavy (non-hydrogen) atoms. The second-order valence-electron chi connectivity index (χ2n) is 6.72. The predicted molar refractivity (Wildman–Crippen MR) is 104 cm³/mol. The molecule has 1 aromatic carbocycles. The molecule has 1 fully saturated rings. The fourth-order valence-corrected chi connectivity index (χ4v) is 3.22. The van der Waals surface area contributed by atoms with Crippen molar-refractivity contribution in [2.75, 3.05) is 13.1 Å². The van der Waals surface area contributed by atoms with Crippen LogP contribution < -0.4 is 10.6 Å². The third kappa shape index (κ3) is 5.30. The average molecular weight is 379 g/mol. The summed E-state index contributed by atoms with van der Waals surface area (Å²) in [6.07, 6.45) is 3.94. The van der Waals surface area contributed by atoms with E-state index in [1.807, 2.05) is 48.1 Å². The second-order valence-corrected chi connectivity index (χ2v) is 6.72. The molecule has 142 valence electrons. The number of carbonyl (C=O) groups excluding carboxylic acids is 1. The molecule has 0 bridgehead atoms. The molecule has 1 amide bonds. The van der Waals surface area contributed by atoms with Crippen LogP contribution in [0.5, 0.6) is 0 Å². The number of hydrogen-bond donors (Lipinski definition) is 3. The molecule has 3 rings (SSSR count). The maximum Gasteiger partial charge on any atom is 0.271 e. The molecule has 3 atom stereocenters. The summed E-state index contributed by atoms with van der Waals surface area (Å²) < 4.78 is 1.88. The highest BCUT2D eigenvalue weighted by atomic mass is 35.5. The number of nitrogens with zero attached hydrogens (tertiary/aromatic N) is 2. The number of halogens is 1. The van der Waals surface area contributed by atoms with Crippen molar-refractivity contribution in [2.24, 2.45) is 0 Å². The Labute approximate surface area is 160 Å². The molecule has 7 heteroatoms. The molecule has 2 heterocycles. The van der Waals surface area contributed by atoms with Gasteiger partial charge < -0.3 is 15.7 Å². The highest BCUT2D eigenvalue weighted by Gasteiger charge is 2.19. The summed E-state index contributed by atoms with van der Waals surface area (Å²) in [7, 11) is 0. The molecule has 0 spiro atoms. The van der Waals surface area contributed by atoms with Crippen LogP contribution in [-0.4, -0.2) is 39.9 Å². The van der Waals surface area contributed by atoms with Crippen LogP contribution >= 0.6 is 12.4 Å². The minimum Gasteiger partial charge on any atom is -0.388 e. The maximum atomic E-state index is 12.4. The fourth-order valence-electron chi connectivity index (χ4n) is 3.22. The Hall–Kier alpha value is -1.89. The standard InChI is InChI=1S/C19H26N4O2.ClH/c1-14(12-18(24)15-6-3-2-4-7-15)21-19(25)17-9-11-23(22-17)16-8-5-10-20-13-16;/h2-4,6-7,9,11,14,16,18,20,24H,5,8,10,12-13H2,1H3,(H,21,25);1H. The molecule has 0 radical (unpaired) electrons. The van der Waals surface area contributed by atoms with Crippen LogP contribution in [0.1, 0.15) is 54.4 Å². The number of benzene rings is 1. The van der Waals surface area contributed by atoms with Crippen LogP contribution in [0, 0.1) is 0 Å². The first-order valence-corrected chi connectivity index (χ1v) is 8.93. The van der Waals surface area contributed by atoms with E-state index in [1.54, 1.807) is 6.07 Å². The molecular formula is C19H27ClN4O2. The van der Waals surface area contributed by atoms with Gasteiger partial charge in [0.1, 0.15) is 5.69 Å². The number of aromatic nitrogens is 2. The van der Waals surface area contributed by atoms with Crippen molar-refractivity contribution in [2.45, 2.75) is 44.4 Å². The highest BCUT2D eigenvalue weighted by molar-refractivity contribution is 5.92. The van der Waals surface area contributed by atoms with Crippen LogP contribution in [0.25, 0.3) is 0 Å². The summed E-state index contributed by atoms with van der Waals surface area (Å²) in [4.78, 5) is 12.4. The summed E-state index contributed by atoms with van der Waals surface area (Å²) in [5.41, 5.74) is 1.28. The van der Waals surface area contributed by atoms with E-state index in [2.05, 4.69) is 15.7 Å². The van der Waals surface area contributed by atoms with Crippen molar-refractivity contribution >= 4 is 18.3 Å². The van der Waals surface area contributed by atoms with Gasteiger partial charge in [-0.25, -0.2) is 0 Å². The molecule has 1 aliphatic heterocycles. The Morgan fingerprint density at radius 1 is 1.38 bits per heavy atom. The van der Waals surface area contributed by atoms with Gasteiger partial charge in [0.25, 0.3) is 5.91 Å². The Morgan fingerprint density at radius 2 is 2.15 bits per heavy atom. The second kappa shape index (κ2) is 9.71. The maximum absolute atomic E-state index is 12.4. The molecule has 0 saturated carbocycles. The van der Waals surface area contributed by atoms with Gasteiger partial charge in [0.05, 0.1) is 12.1 Å². The highest BCUT2D eigenvalue weighted by Crippen LogP contribution is 2.18. The number of piperidine rings is 1. The zero-order valence-electron chi connectivity index (χ0n) is 15.0. The van der Waals surface area contributed by atoms with Gasteiger partial charge in [0, 0.05) is 18.8 Å².